The average Bonchev–Trinajstić information content (AvgIpc) is 2.69. The number of hydrogen-bond acceptors (Lipinski definition) is 6. The summed E-state index contributed by atoms with van der Waals surface area (Å²) in [6.45, 7) is 1.29. The molecule has 27 heavy (non-hydrogen) atoms. The third kappa shape index (κ3) is 4.12. The normalized spacial score (nSPS) is 21.2. The van der Waals surface area contributed by atoms with E-state index in [1.165, 1.54) is 31.1 Å². The zero-order chi connectivity index (χ0) is 19.7. The van der Waals surface area contributed by atoms with Crippen molar-refractivity contribution in [3.8, 4) is 0 Å². The largest absolute Gasteiger partial charge is 0.379 e. The number of rotatable bonds is 5. The Hall–Kier alpha value is -1.64. The van der Waals surface area contributed by atoms with Crippen molar-refractivity contribution in [3.63, 3.8) is 0 Å². The first-order chi connectivity index (χ1) is 12.7. The van der Waals surface area contributed by atoms with Crippen molar-refractivity contribution in [1.29, 1.82) is 0 Å². The van der Waals surface area contributed by atoms with Gasteiger partial charge in [0.15, 0.2) is 0 Å². The molecule has 3 rings (SSSR count). The zero-order valence-electron chi connectivity index (χ0n) is 14.5. The summed E-state index contributed by atoms with van der Waals surface area (Å²) in [5.41, 5.74) is -0.204. The Kier molecular flexibility index (Phi) is 5.79. The fraction of sp³-hybridized carbons (Fsp3) is 0.571. The lowest BCUT2D eigenvalue weighted by Gasteiger charge is -2.37. The molecule has 0 saturated carbocycles. The maximum absolute atomic E-state index is 12.7. The lowest BCUT2D eigenvalue weighted by atomic mass is 10.3. The summed E-state index contributed by atoms with van der Waals surface area (Å²) in [4.78, 5) is 10.4. The molecule has 0 aromatic heterocycles. The van der Waals surface area contributed by atoms with Crippen molar-refractivity contribution < 1.29 is 31.7 Å². The van der Waals surface area contributed by atoms with Gasteiger partial charge in [-0.05, 0) is 6.07 Å². The standard InChI is InChI=1S/C14H21N4O7S2/c19-18(20)13-2-1-3-14(12-13)26(21,22)15-4-6-16(7-5-15)27(23,24)17-8-10-25-11-9-17/h1-3,12H,4-11H2,(H,19,20)/q+1. The van der Waals surface area contributed by atoms with Crippen LogP contribution in [0, 0.1) is 4.91 Å². The Morgan fingerprint density at radius 1 is 0.889 bits per heavy atom. The smallest absolute Gasteiger partial charge is 0.317 e. The summed E-state index contributed by atoms with van der Waals surface area (Å²) >= 11 is 0. The lowest BCUT2D eigenvalue weighted by Crippen LogP contribution is -2.55. The Morgan fingerprint density at radius 2 is 1.44 bits per heavy atom. The van der Waals surface area contributed by atoms with Crippen LogP contribution < -0.4 is 0 Å². The van der Waals surface area contributed by atoms with Gasteiger partial charge in [0.1, 0.15) is 0 Å². The van der Waals surface area contributed by atoms with Gasteiger partial charge in [0.2, 0.25) is 10.0 Å². The van der Waals surface area contributed by atoms with Gasteiger partial charge < -0.3 is 4.74 Å². The highest BCUT2D eigenvalue weighted by atomic mass is 32.2. The van der Waals surface area contributed by atoms with Crippen molar-refractivity contribution >= 4 is 25.9 Å². The lowest BCUT2D eigenvalue weighted by molar-refractivity contribution is -0.729. The number of morpholine rings is 1. The Bertz CT molecular complexity index is 905. The van der Waals surface area contributed by atoms with E-state index in [4.69, 9.17) is 9.94 Å². The van der Waals surface area contributed by atoms with Crippen LogP contribution in [-0.2, 0) is 25.0 Å². The van der Waals surface area contributed by atoms with Crippen molar-refractivity contribution in [3.05, 3.63) is 29.2 Å². The molecule has 150 valence electrons. The molecular formula is C14H21N4O7S2+. The summed E-state index contributed by atoms with van der Waals surface area (Å²) in [5, 5.41) is 8.95. The van der Waals surface area contributed by atoms with E-state index in [0.717, 1.165) is 6.07 Å². The molecule has 2 aliphatic rings. The van der Waals surface area contributed by atoms with E-state index in [9.17, 15) is 21.7 Å². The fourth-order valence-electron chi connectivity index (χ4n) is 2.99. The molecule has 0 bridgehead atoms. The van der Waals surface area contributed by atoms with E-state index in [1.807, 2.05) is 0 Å². The number of nitrogens with zero attached hydrogens (tertiary/aromatic N) is 4. The number of hydrogen-bond donors (Lipinski definition) is 1. The van der Waals surface area contributed by atoms with E-state index in [-0.39, 0.29) is 49.9 Å². The zero-order valence-corrected chi connectivity index (χ0v) is 16.1. The molecule has 2 aliphatic heterocycles. The summed E-state index contributed by atoms with van der Waals surface area (Å²) in [7, 11) is -7.56. The summed E-state index contributed by atoms with van der Waals surface area (Å²) < 4.78 is 59.7. The molecule has 1 aromatic rings. The second-order valence-corrected chi connectivity index (χ2v) is 9.96. The number of sulfonamides is 1. The molecule has 1 aromatic carbocycles. The molecule has 11 nitrogen and oxygen atoms in total. The molecule has 0 atom stereocenters. The van der Waals surface area contributed by atoms with Crippen LogP contribution in [0.1, 0.15) is 0 Å². The molecule has 0 spiro atoms. The van der Waals surface area contributed by atoms with Gasteiger partial charge in [0.05, 0.1) is 23.0 Å². The second kappa shape index (κ2) is 7.77. The van der Waals surface area contributed by atoms with Gasteiger partial charge >= 0.3 is 5.69 Å². The van der Waals surface area contributed by atoms with Gasteiger partial charge in [-0.2, -0.15) is 21.3 Å². The molecule has 0 aliphatic carbocycles. The maximum atomic E-state index is 12.7. The number of piperazine rings is 1. The monoisotopic (exact) mass is 421 g/mol. The van der Waals surface area contributed by atoms with Crippen LogP contribution in [0.25, 0.3) is 0 Å². The highest BCUT2D eigenvalue weighted by Gasteiger charge is 2.36. The van der Waals surface area contributed by atoms with E-state index in [2.05, 4.69) is 0 Å². The molecule has 0 radical (unpaired) electrons. The van der Waals surface area contributed by atoms with E-state index >= 15 is 0 Å². The first-order valence-electron chi connectivity index (χ1n) is 8.32. The Morgan fingerprint density at radius 3 is 2.04 bits per heavy atom. The second-order valence-electron chi connectivity index (χ2n) is 6.09. The van der Waals surface area contributed by atoms with Gasteiger partial charge in [-0.3, -0.25) is 0 Å². The number of ether oxygens (including phenoxy) is 1. The molecule has 0 amide bonds. The van der Waals surface area contributed by atoms with Crippen LogP contribution in [0.3, 0.4) is 0 Å². The van der Waals surface area contributed by atoms with Gasteiger partial charge in [-0.1, -0.05) is 6.07 Å². The quantitative estimate of drug-likeness (QED) is 0.627. The summed E-state index contributed by atoms with van der Waals surface area (Å²) in [5.74, 6) is 0. The highest BCUT2D eigenvalue weighted by Crippen LogP contribution is 2.23. The van der Waals surface area contributed by atoms with Gasteiger partial charge in [-0.25, -0.2) is 13.6 Å². The topological polar surface area (TPSA) is 128 Å². The van der Waals surface area contributed by atoms with Crippen molar-refractivity contribution in [2.45, 2.75) is 4.90 Å². The van der Waals surface area contributed by atoms with E-state index in [1.54, 1.807) is 0 Å². The predicted molar refractivity (Wildman–Crippen MR) is 93.2 cm³/mol. The first kappa shape index (κ1) is 20.1. The first-order valence-corrected chi connectivity index (χ1v) is 11.2. The minimum atomic E-state index is -3.91. The van der Waals surface area contributed by atoms with E-state index < -0.39 is 25.2 Å². The van der Waals surface area contributed by atoms with Gasteiger partial charge in [0.25, 0.3) is 15.1 Å². The van der Waals surface area contributed by atoms with Crippen LogP contribution in [0.4, 0.5) is 5.69 Å². The average molecular weight is 421 g/mol. The van der Waals surface area contributed by atoms with Crippen molar-refractivity contribution in [1.82, 2.24) is 12.9 Å². The molecule has 13 heteroatoms. The summed E-state index contributed by atoms with van der Waals surface area (Å²) in [6, 6.07) is 5.01. The molecule has 2 saturated heterocycles. The fourth-order valence-corrected chi connectivity index (χ4v) is 6.02. The van der Waals surface area contributed by atoms with Gasteiger partial charge in [-0.15, -0.1) is 0 Å². The third-order valence-electron chi connectivity index (χ3n) is 4.50. The van der Waals surface area contributed by atoms with E-state index in [0.29, 0.717) is 13.2 Å². The molecule has 2 fully saturated rings. The van der Waals surface area contributed by atoms with Crippen LogP contribution in [0.2, 0.25) is 0 Å². The maximum Gasteiger partial charge on any atom is 0.317 e. The molecule has 1 N–H and O–H groups in total. The predicted octanol–water partition coefficient (Wildman–Crippen LogP) is -0.630. The molecule has 2 heterocycles. The summed E-state index contributed by atoms with van der Waals surface area (Å²) in [6.07, 6.45) is 0. The Labute approximate surface area is 157 Å². The Balaban J connectivity index is 1.71. The van der Waals surface area contributed by atoms with Crippen LogP contribution in [0.15, 0.2) is 29.2 Å². The third-order valence-corrected chi connectivity index (χ3v) is 8.43. The highest BCUT2D eigenvalue weighted by molar-refractivity contribution is 7.89. The van der Waals surface area contributed by atoms with Crippen molar-refractivity contribution in [2.24, 2.45) is 0 Å². The van der Waals surface area contributed by atoms with Crippen molar-refractivity contribution in [2.75, 3.05) is 52.5 Å². The van der Waals surface area contributed by atoms with Crippen LogP contribution >= 0.6 is 0 Å². The molecule has 0 unspecified atom stereocenters. The van der Waals surface area contributed by atoms with Crippen LogP contribution in [0.5, 0.6) is 0 Å². The number of benzene rings is 1. The van der Waals surface area contributed by atoms with Crippen LogP contribution in [-0.4, -0.2) is 92.4 Å². The minimum absolute atomic E-state index is 0.00363. The minimum Gasteiger partial charge on any atom is -0.379 e. The van der Waals surface area contributed by atoms with Gasteiger partial charge in [0, 0.05) is 51.4 Å². The molecular weight excluding hydrogens is 400 g/mol. The SMILES string of the molecule is O=[N+](O)c1cccc(S(=O)(=O)N2CCN(S(=O)(=O)N3CCOCC3)CC2)c1.